The summed E-state index contributed by atoms with van der Waals surface area (Å²) in [6, 6.07) is 13.5. The van der Waals surface area contributed by atoms with E-state index in [1.807, 2.05) is 17.0 Å². The van der Waals surface area contributed by atoms with Crippen molar-refractivity contribution in [3.05, 3.63) is 65.8 Å². The van der Waals surface area contributed by atoms with E-state index in [0.717, 1.165) is 19.4 Å². The molecule has 6 nitrogen and oxygen atoms in total. The molecule has 1 aromatic heterocycles. The first-order valence-electron chi connectivity index (χ1n) is 9.65. The minimum atomic E-state index is -0.382. The van der Waals surface area contributed by atoms with E-state index in [0.29, 0.717) is 35.7 Å². The van der Waals surface area contributed by atoms with E-state index in [-0.39, 0.29) is 23.5 Å². The third kappa shape index (κ3) is 4.29. The molecule has 3 aromatic rings. The average Bonchev–Trinajstić information content (AvgIpc) is 3.22. The Kier molecular flexibility index (Phi) is 5.55. The van der Waals surface area contributed by atoms with Gasteiger partial charge in [-0.15, -0.1) is 0 Å². The Bertz CT molecular complexity index is 1000. The molecular weight excluding hydrogens is 373 g/mol. The number of hydrogen-bond donors (Lipinski definition) is 0. The van der Waals surface area contributed by atoms with Crippen LogP contribution in [-0.2, 0) is 6.42 Å². The lowest BCUT2D eigenvalue weighted by Gasteiger charge is -2.32. The van der Waals surface area contributed by atoms with E-state index in [1.54, 1.807) is 37.4 Å². The number of aromatic nitrogens is 2. The van der Waals surface area contributed by atoms with Crippen LogP contribution in [0.2, 0.25) is 0 Å². The molecule has 0 spiro atoms. The largest absolute Gasteiger partial charge is 0.497 e. The van der Waals surface area contributed by atoms with Crippen LogP contribution < -0.4 is 4.74 Å². The molecule has 29 heavy (non-hydrogen) atoms. The van der Waals surface area contributed by atoms with Crippen LogP contribution in [-0.4, -0.2) is 41.1 Å². The second-order valence-corrected chi connectivity index (χ2v) is 7.19. The first-order valence-corrected chi connectivity index (χ1v) is 9.65. The molecule has 4 rings (SSSR count). The Labute approximate surface area is 168 Å². The summed E-state index contributed by atoms with van der Waals surface area (Å²) < 4.78 is 24.5. The van der Waals surface area contributed by atoms with Crippen LogP contribution in [0.5, 0.6) is 5.75 Å². The Balaban J connectivity index is 1.43. The van der Waals surface area contributed by atoms with Gasteiger partial charge >= 0.3 is 0 Å². The van der Waals surface area contributed by atoms with Gasteiger partial charge in [0.05, 0.1) is 12.7 Å². The van der Waals surface area contributed by atoms with Crippen LogP contribution >= 0.6 is 0 Å². The van der Waals surface area contributed by atoms with E-state index < -0.39 is 0 Å². The molecule has 0 N–H and O–H groups in total. The molecule has 7 heteroatoms. The van der Waals surface area contributed by atoms with Crippen LogP contribution in [0.4, 0.5) is 4.39 Å². The van der Waals surface area contributed by atoms with Crippen molar-refractivity contribution in [2.45, 2.75) is 19.3 Å². The fraction of sp³-hybridized carbons (Fsp3) is 0.318. The zero-order valence-electron chi connectivity index (χ0n) is 16.2. The molecular formula is C22H22FN3O3. The molecule has 1 saturated heterocycles. The smallest absolute Gasteiger partial charge is 0.253 e. The molecule has 2 aromatic carbocycles. The predicted molar refractivity (Wildman–Crippen MR) is 105 cm³/mol. The van der Waals surface area contributed by atoms with Gasteiger partial charge in [0.15, 0.2) is 0 Å². The van der Waals surface area contributed by atoms with E-state index in [1.165, 1.54) is 6.07 Å². The third-order valence-electron chi connectivity index (χ3n) is 5.17. The number of piperidine rings is 1. The highest BCUT2D eigenvalue weighted by atomic mass is 19.1. The van der Waals surface area contributed by atoms with Crippen molar-refractivity contribution < 1.29 is 18.4 Å². The van der Waals surface area contributed by atoms with Crippen LogP contribution in [0.1, 0.15) is 29.1 Å². The van der Waals surface area contributed by atoms with E-state index in [9.17, 15) is 9.18 Å². The maximum atomic E-state index is 13.9. The summed E-state index contributed by atoms with van der Waals surface area (Å²) in [5, 5.41) is 3.91. The minimum absolute atomic E-state index is 0.00817. The number of rotatable bonds is 5. The molecule has 150 valence electrons. The molecule has 2 heterocycles. The third-order valence-corrected chi connectivity index (χ3v) is 5.17. The van der Waals surface area contributed by atoms with Crippen LogP contribution in [0.15, 0.2) is 53.1 Å². The Morgan fingerprint density at radius 3 is 2.97 bits per heavy atom. The van der Waals surface area contributed by atoms with Crippen molar-refractivity contribution in [2.24, 2.45) is 5.92 Å². The zero-order valence-corrected chi connectivity index (χ0v) is 16.2. The van der Waals surface area contributed by atoms with Gasteiger partial charge in [0, 0.05) is 25.1 Å². The summed E-state index contributed by atoms with van der Waals surface area (Å²) in [6.45, 7) is 1.34. The summed E-state index contributed by atoms with van der Waals surface area (Å²) >= 11 is 0. The van der Waals surface area contributed by atoms with Gasteiger partial charge in [0.1, 0.15) is 11.6 Å². The highest BCUT2D eigenvalue weighted by Gasteiger charge is 2.26. The van der Waals surface area contributed by atoms with Crippen molar-refractivity contribution in [3.8, 4) is 17.1 Å². The number of benzene rings is 2. The quantitative estimate of drug-likeness (QED) is 0.654. The number of carbonyl (C=O) groups is 1. The number of halogens is 1. The minimum Gasteiger partial charge on any atom is -0.497 e. The standard InChI is InChI=1S/C22H22FN3O3/c1-28-17-8-4-7-16(13-17)22(27)26-11-5-6-15(14-26)12-20-24-21(25-29-20)18-9-2-3-10-19(18)23/h2-4,7-10,13,15H,5-6,11-12,14H2,1H3. The monoisotopic (exact) mass is 395 g/mol. The van der Waals surface area contributed by atoms with Gasteiger partial charge in [-0.25, -0.2) is 4.39 Å². The molecule has 1 fully saturated rings. The second-order valence-electron chi connectivity index (χ2n) is 7.19. The van der Waals surface area contributed by atoms with Gasteiger partial charge in [-0.05, 0) is 49.1 Å². The number of methoxy groups -OCH3 is 1. The van der Waals surface area contributed by atoms with E-state index in [2.05, 4.69) is 10.1 Å². The maximum Gasteiger partial charge on any atom is 0.253 e. The molecule has 0 radical (unpaired) electrons. The number of carbonyl (C=O) groups excluding carboxylic acids is 1. The summed E-state index contributed by atoms with van der Waals surface area (Å²) in [6.07, 6.45) is 2.44. The molecule has 0 bridgehead atoms. The molecule has 0 saturated carbocycles. The van der Waals surface area contributed by atoms with Gasteiger partial charge < -0.3 is 14.2 Å². The summed E-state index contributed by atoms with van der Waals surface area (Å²) in [5.41, 5.74) is 0.936. The highest BCUT2D eigenvalue weighted by Crippen LogP contribution is 2.25. The number of ether oxygens (including phenoxy) is 1. The Morgan fingerprint density at radius 2 is 2.14 bits per heavy atom. The SMILES string of the molecule is COc1cccc(C(=O)N2CCCC(Cc3nc(-c4ccccc4F)no3)C2)c1. The van der Waals surface area contributed by atoms with Crippen LogP contribution in [0.25, 0.3) is 11.4 Å². The number of likely N-dealkylation sites (tertiary alicyclic amines) is 1. The lowest BCUT2D eigenvalue weighted by atomic mass is 9.94. The van der Waals surface area contributed by atoms with Crippen molar-refractivity contribution in [1.29, 1.82) is 0 Å². The van der Waals surface area contributed by atoms with Crippen molar-refractivity contribution >= 4 is 5.91 Å². The van der Waals surface area contributed by atoms with Crippen molar-refractivity contribution in [3.63, 3.8) is 0 Å². The first kappa shape index (κ1) is 19.1. The van der Waals surface area contributed by atoms with Gasteiger partial charge in [0.2, 0.25) is 11.7 Å². The number of nitrogens with zero attached hydrogens (tertiary/aromatic N) is 3. The topological polar surface area (TPSA) is 68.5 Å². The fourth-order valence-corrected chi connectivity index (χ4v) is 3.69. The molecule has 1 atom stereocenters. The Hall–Kier alpha value is -3.22. The van der Waals surface area contributed by atoms with Gasteiger partial charge in [-0.2, -0.15) is 4.98 Å². The van der Waals surface area contributed by atoms with E-state index in [4.69, 9.17) is 9.26 Å². The fourth-order valence-electron chi connectivity index (χ4n) is 3.69. The van der Waals surface area contributed by atoms with Gasteiger partial charge in [-0.3, -0.25) is 4.79 Å². The molecule has 0 aliphatic carbocycles. The van der Waals surface area contributed by atoms with Gasteiger partial charge in [-0.1, -0.05) is 23.4 Å². The zero-order chi connectivity index (χ0) is 20.2. The lowest BCUT2D eigenvalue weighted by molar-refractivity contribution is 0.0668. The molecule has 1 unspecified atom stereocenters. The second kappa shape index (κ2) is 8.43. The normalized spacial score (nSPS) is 16.6. The van der Waals surface area contributed by atoms with Crippen molar-refractivity contribution in [1.82, 2.24) is 15.0 Å². The maximum absolute atomic E-state index is 13.9. The lowest BCUT2D eigenvalue weighted by Crippen LogP contribution is -2.40. The van der Waals surface area contributed by atoms with Crippen LogP contribution in [0.3, 0.4) is 0 Å². The van der Waals surface area contributed by atoms with Crippen molar-refractivity contribution in [2.75, 3.05) is 20.2 Å². The number of hydrogen-bond acceptors (Lipinski definition) is 5. The molecule has 1 amide bonds. The summed E-state index contributed by atoms with van der Waals surface area (Å²) in [7, 11) is 1.58. The predicted octanol–water partition coefficient (Wildman–Crippen LogP) is 3.98. The summed E-state index contributed by atoms with van der Waals surface area (Å²) in [4.78, 5) is 19.1. The average molecular weight is 395 g/mol. The van der Waals surface area contributed by atoms with Crippen LogP contribution in [0, 0.1) is 11.7 Å². The van der Waals surface area contributed by atoms with E-state index >= 15 is 0 Å². The molecule has 1 aliphatic heterocycles. The highest BCUT2D eigenvalue weighted by molar-refractivity contribution is 5.94. The molecule has 1 aliphatic rings. The number of amides is 1. The summed E-state index contributed by atoms with van der Waals surface area (Å²) in [5.74, 6) is 1.20. The first-order chi connectivity index (χ1) is 14.1. The Morgan fingerprint density at radius 1 is 1.28 bits per heavy atom. The van der Waals surface area contributed by atoms with Gasteiger partial charge in [0.25, 0.3) is 5.91 Å².